The third kappa shape index (κ3) is 4.86. The molecule has 1 aliphatic carbocycles. The maximum atomic E-state index is 13.0. The Balaban J connectivity index is 1.54. The Bertz CT molecular complexity index is 740. The van der Waals surface area contributed by atoms with E-state index in [1.165, 1.54) is 35.7 Å². The van der Waals surface area contributed by atoms with E-state index in [-0.39, 0.29) is 22.9 Å². The van der Waals surface area contributed by atoms with Crippen molar-refractivity contribution < 1.29 is 17.6 Å². The average molecular weight is 398 g/mol. The van der Waals surface area contributed by atoms with E-state index >= 15 is 0 Å². The lowest BCUT2D eigenvalue weighted by Gasteiger charge is -2.37. The van der Waals surface area contributed by atoms with Gasteiger partial charge in [0.1, 0.15) is 5.82 Å². The van der Waals surface area contributed by atoms with Crippen molar-refractivity contribution in [2.75, 3.05) is 26.2 Å². The number of rotatable bonds is 5. The smallest absolute Gasteiger partial charge is 0.243 e. The Morgan fingerprint density at radius 1 is 1.07 bits per heavy atom. The molecule has 27 heavy (non-hydrogen) atoms. The van der Waals surface area contributed by atoms with Crippen LogP contribution in [0.5, 0.6) is 0 Å². The van der Waals surface area contributed by atoms with Gasteiger partial charge in [0.2, 0.25) is 15.9 Å². The maximum absolute atomic E-state index is 13.0. The van der Waals surface area contributed by atoms with Crippen molar-refractivity contribution in [1.29, 1.82) is 0 Å². The molecular weight excluding hydrogens is 369 g/mol. The van der Waals surface area contributed by atoms with Crippen molar-refractivity contribution >= 4 is 15.9 Å². The fourth-order valence-electron chi connectivity index (χ4n) is 3.82. The second-order valence-electron chi connectivity index (χ2n) is 7.41. The van der Waals surface area contributed by atoms with Crippen molar-refractivity contribution in [2.24, 2.45) is 0 Å². The highest BCUT2D eigenvalue weighted by Gasteiger charge is 2.32. The van der Waals surface area contributed by atoms with Crippen LogP contribution in [-0.4, -0.2) is 61.8 Å². The number of nitrogens with one attached hydrogen (secondary N) is 1. The van der Waals surface area contributed by atoms with Crippen LogP contribution in [0.4, 0.5) is 4.39 Å². The van der Waals surface area contributed by atoms with Gasteiger partial charge in [-0.1, -0.05) is 19.3 Å². The minimum atomic E-state index is -3.63. The zero-order chi connectivity index (χ0) is 19.4. The Labute approximate surface area is 160 Å². The predicted molar refractivity (Wildman–Crippen MR) is 101 cm³/mol. The second kappa shape index (κ2) is 8.67. The summed E-state index contributed by atoms with van der Waals surface area (Å²) in [6.45, 7) is 3.52. The van der Waals surface area contributed by atoms with Crippen LogP contribution in [0, 0.1) is 5.82 Å². The molecule has 0 bridgehead atoms. The van der Waals surface area contributed by atoms with Gasteiger partial charge in [0.25, 0.3) is 0 Å². The van der Waals surface area contributed by atoms with Gasteiger partial charge in [-0.05, 0) is 44.0 Å². The largest absolute Gasteiger partial charge is 0.352 e. The average Bonchev–Trinajstić information content (AvgIpc) is 2.68. The highest BCUT2D eigenvalue weighted by Crippen LogP contribution is 2.20. The van der Waals surface area contributed by atoms with Crippen LogP contribution in [0.25, 0.3) is 0 Å². The highest BCUT2D eigenvalue weighted by molar-refractivity contribution is 7.89. The summed E-state index contributed by atoms with van der Waals surface area (Å²) in [5.74, 6) is -0.437. The van der Waals surface area contributed by atoms with Gasteiger partial charge in [0.15, 0.2) is 0 Å². The van der Waals surface area contributed by atoms with E-state index in [1.807, 2.05) is 11.8 Å². The Morgan fingerprint density at radius 3 is 2.26 bits per heavy atom. The first-order valence-corrected chi connectivity index (χ1v) is 11.1. The predicted octanol–water partition coefficient (Wildman–Crippen LogP) is 1.97. The molecule has 1 aromatic carbocycles. The molecule has 0 radical (unpaired) electrons. The molecule has 1 aliphatic heterocycles. The van der Waals surface area contributed by atoms with Crippen LogP contribution in [0.15, 0.2) is 29.2 Å². The first-order valence-electron chi connectivity index (χ1n) is 9.68. The standard InChI is InChI=1S/C19H28FN3O3S/c1-15(19(24)21-17-5-3-2-4-6-17)22-11-13-23(14-12-22)27(25,26)18-9-7-16(20)8-10-18/h7-10,15,17H,2-6,11-14H2,1H3,(H,21,24)/t15-/m0/s1. The molecular formula is C19H28FN3O3S. The molecule has 0 spiro atoms. The summed E-state index contributed by atoms with van der Waals surface area (Å²) in [5, 5.41) is 3.14. The Morgan fingerprint density at radius 2 is 1.67 bits per heavy atom. The number of halogens is 1. The molecule has 1 heterocycles. The van der Waals surface area contributed by atoms with Gasteiger partial charge in [0, 0.05) is 32.2 Å². The van der Waals surface area contributed by atoms with Crippen molar-refractivity contribution in [3.63, 3.8) is 0 Å². The lowest BCUT2D eigenvalue weighted by Crippen LogP contribution is -2.55. The maximum Gasteiger partial charge on any atom is 0.243 e. The molecule has 3 rings (SSSR count). The van der Waals surface area contributed by atoms with Gasteiger partial charge in [0.05, 0.1) is 10.9 Å². The Hall–Kier alpha value is -1.51. The fraction of sp³-hybridized carbons (Fsp3) is 0.632. The number of piperazine rings is 1. The van der Waals surface area contributed by atoms with E-state index < -0.39 is 15.8 Å². The van der Waals surface area contributed by atoms with Crippen LogP contribution in [0.1, 0.15) is 39.0 Å². The van der Waals surface area contributed by atoms with Crippen LogP contribution in [0.2, 0.25) is 0 Å². The number of carbonyl (C=O) groups is 1. The van der Waals surface area contributed by atoms with Crippen LogP contribution in [-0.2, 0) is 14.8 Å². The molecule has 2 aliphatic rings. The number of hydrogen-bond acceptors (Lipinski definition) is 4. The Kier molecular flexibility index (Phi) is 6.49. The SMILES string of the molecule is C[C@@H](C(=O)NC1CCCCC1)N1CCN(S(=O)(=O)c2ccc(F)cc2)CC1. The topological polar surface area (TPSA) is 69.7 Å². The molecule has 150 valence electrons. The summed E-state index contributed by atoms with van der Waals surface area (Å²) in [7, 11) is -3.63. The zero-order valence-electron chi connectivity index (χ0n) is 15.7. The third-order valence-corrected chi connectivity index (χ3v) is 7.52. The zero-order valence-corrected chi connectivity index (χ0v) is 16.5. The van der Waals surface area contributed by atoms with E-state index in [9.17, 15) is 17.6 Å². The number of carbonyl (C=O) groups excluding carboxylic acids is 1. The molecule has 0 aromatic heterocycles. The van der Waals surface area contributed by atoms with E-state index in [4.69, 9.17) is 0 Å². The van der Waals surface area contributed by atoms with Gasteiger partial charge in [-0.15, -0.1) is 0 Å². The van der Waals surface area contributed by atoms with Crippen LogP contribution in [0.3, 0.4) is 0 Å². The van der Waals surface area contributed by atoms with Crippen molar-refractivity contribution in [1.82, 2.24) is 14.5 Å². The third-order valence-electron chi connectivity index (χ3n) is 5.60. The number of hydrogen-bond donors (Lipinski definition) is 1. The second-order valence-corrected chi connectivity index (χ2v) is 9.35. The summed E-state index contributed by atoms with van der Waals surface area (Å²) < 4.78 is 39.8. The molecule has 8 heteroatoms. The lowest BCUT2D eigenvalue weighted by molar-refractivity contribution is -0.127. The first kappa shape index (κ1) is 20.2. The molecule has 0 unspecified atom stereocenters. The molecule has 1 saturated carbocycles. The number of nitrogens with zero attached hydrogens (tertiary/aromatic N) is 2. The lowest BCUT2D eigenvalue weighted by atomic mass is 9.95. The molecule has 1 saturated heterocycles. The molecule has 1 aromatic rings. The fourth-order valence-corrected chi connectivity index (χ4v) is 5.24. The van der Waals surface area contributed by atoms with Gasteiger partial charge < -0.3 is 5.32 Å². The molecule has 1 atom stereocenters. The number of amides is 1. The van der Waals surface area contributed by atoms with E-state index in [2.05, 4.69) is 5.32 Å². The number of benzene rings is 1. The highest BCUT2D eigenvalue weighted by atomic mass is 32.2. The van der Waals surface area contributed by atoms with E-state index in [0.29, 0.717) is 26.2 Å². The van der Waals surface area contributed by atoms with E-state index in [1.54, 1.807) is 0 Å². The van der Waals surface area contributed by atoms with Crippen LogP contribution < -0.4 is 5.32 Å². The van der Waals surface area contributed by atoms with Crippen molar-refractivity contribution in [3.8, 4) is 0 Å². The van der Waals surface area contributed by atoms with Gasteiger partial charge in [-0.2, -0.15) is 4.31 Å². The molecule has 1 amide bonds. The molecule has 6 nitrogen and oxygen atoms in total. The van der Waals surface area contributed by atoms with Gasteiger partial charge in [-0.25, -0.2) is 12.8 Å². The first-order chi connectivity index (χ1) is 12.9. The van der Waals surface area contributed by atoms with Crippen LogP contribution >= 0.6 is 0 Å². The summed E-state index contributed by atoms with van der Waals surface area (Å²) in [6, 6.07) is 4.88. The molecule has 1 N–H and O–H groups in total. The van der Waals surface area contributed by atoms with Crippen molar-refractivity contribution in [2.45, 2.75) is 56.0 Å². The van der Waals surface area contributed by atoms with Gasteiger partial charge >= 0.3 is 0 Å². The number of sulfonamides is 1. The summed E-state index contributed by atoms with van der Waals surface area (Å²) in [6.07, 6.45) is 5.66. The monoisotopic (exact) mass is 397 g/mol. The van der Waals surface area contributed by atoms with E-state index in [0.717, 1.165) is 25.0 Å². The normalized spacial score (nSPS) is 21.7. The minimum Gasteiger partial charge on any atom is -0.352 e. The van der Waals surface area contributed by atoms with Gasteiger partial charge in [-0.3, -0.25) is 9.69 Å². The summed E-state index contributed by atoms with van der Waals surface area (Å²) in [5.41, 5.74) is 0. The molecule has 2 fully saturated rings. The summed E-state index contributed by atoms with van der Waals surface area (Å²) >= 11 is 0. The van der Waals surface area contributed by atoms with Crippen molar-refractivity contribution in [3.05, 3.63) is 30.1 Å². The quantitative estimate of drug-likeness (QED) is 0.825. The summed E-state index contributed by atoms with van der Waals surface area (Å²) in [4.78, 5) is 14.6. The minimum absolute atomic E-state index is 0.0248.